The van der Waals surface area contributed by atoms with E-state index in [-0.39, 0.29) is 6.61 Å². The van der Waals surface area contributed by atoms with Crippen molar-refractivity contribution in [2.45, 2.75) is 18.3 Å². The van der Waals surface area contributed by atoms with Crippen LogP contribution in [-0.2, 0) is 25.2 Å². The Morgan fingerprint density at radius 3 is 2.15 bits per heavy atom. The van der Waals surface area contributed by atoms with Gasteiger partial charge in [0.1, 0.15) is 18.3 Å². The first kappa shape index (κ1) is 20.6. The van der Waals surface area contributed by atoms with Gasteiger partial charge in [-0.05, 0) is 11.1 Å². The second kappa shape index (κ2) is 9.32. The van der Waals surface area contributed by atoms with Gasteiger partial charge in [0.15, 0.2) is 0 Å². The standard InChI is InChI=1S/C18H22N3O5P/c1-25-27(20,24)16(14-10-6-3-7-11-14)15(17(19)22)21-18(23)26-12-13-8-4-2-5-9-13/h2-11,15-16H,12H2,1H3,(H2,19,22)(H2,20,24)(H,21,23). The molecule has 2 aromatic carbocycles. The maximum atomic E-state index is 12.7. The summed E-state index contributed by atoms with van der Waals surface area (Å²) in [5, 5.41) is 2.36. The highest BCUT2D eigenvalue weighted by Gasteiger charge is 2.42. The molecule has 3 atom stereocenters. The Morgan fingerprint density at radius 1 is 1.07 bits per heavy atom. The summed E-state index contributed by atoms with van der Waals surface area (Å²) in [6.45, 7) is -0.00127. The van der Waals surface area contributed by atoms with Crippen LogP contribution in [0.25, 0.3) is 0 Å². The third-order valence-electron chi connectivity index (χ3n) is 3.92. The highest BCUT2D eigenvalue weighted by atomic mass is 31.2. The van der Waals surface area contributed by atoms with E-state index in [1.165, 1.54) is 7.11 Å². The van der Waals surface area contributed by atoms with Gasteiger partial charge < -0.3 is 20.3 Å². The fourth-order valence-corrected chi connectivity index (χ4v) is 4.02. The average Bonchev–Trinajstić information content (AvgIpc) is 2.67. The number of ether oxygens (including phenoxy) is 1. The molecule has 0 bridgehead atoms. The van der Waals surface area contributed by atoms with Crippen LogP contribution in [0.2, 0.25) is 0 Å². The molecule has 0 saturated heterocycles. The zero-order valence-electron chi connectivity index (χ0n) is 14.8. The predicted octanol–water partition coefficient (Wildman–Crippen LogP) is 2.31. The fraction of sp³-hybridized carbons (Fsp3) is 0.222. The van der Waals surface area contributed by atoms with Gasteiger partial charge in [-0.1, -0.05) is 60.7 Å². The normalized spacial score (nSPS) is 15.2. The monoisotopic (exact) mass is 391 g/mol. The van der Waals surface area contributed by atoms with E-state index in [0.29, 0.717) is 5.56 Å². The molecular formula is C18H22N3O5P. The number of rotatable bonds is 8. The molecule has 0 spiro atoms. The van der Waals surface area contributed by atoms with Crippen molar-refractivity contribution in [2.24, 2.45) is 11.2 Å². The maximum Gasteiger partial charge on any atom is 0.408 e. The number of amides is 2. The molecule has 3 unspecified atom stereocenters. The molecule has 8 nitrogen and oxygen atoms in total. The lowest BCUT2D eigenvalue weighted by atomic mass is 10.0. The van der Waals surface area contributed by atoms with E-state index in [2.05, 4.69) is 5.32 Å². The summed E-state index contributed by atoms with van der Waals surface area (Å²) in [4.78, 5) is 24.2. The van der Waals surface area contributed by atoms with Crippen molar-refractivity contribution in [3.8, 4) is 0 Å². The minimum atomic E-state index is -3.82. The summed E-state index contributed by atoms with van der Waals surface area (Å²) >= 11 is 0. The van der Waals surface area contributed by atoms with Crippen molar-refractivity contribution < 1.29 is 23.4 Å². The zero-order chi connectivity index (χ0) is 19.9. The second-order valence-electron chi connectivity index (χ2n) is 5.77. The van der Waals surface area contributed by atoms with Crippen LogP contribution in [-0.4, -0.2) is 25.2 Å². The van der Waals surface area contributed by atoms with Crippen LogP contribution >= 0.6 is 7.52 Å². The maximum absolute atomic E-state index is 12.7. The van der Waals surface area contributed by atoms with Gasteiger partial charge in [-0.15, -0.1) is 0 Å². The summed E-state index contributed by atoms with van der Waals surface area (Å²) in [6, 6.07) is 16.0. The van der Waals surface area contributed by atoms with E-state index in [1.54, 1.807) is 54.6 Å². The molecule has 0 radical (unpaired) electrons. The van der Waals surface area contributed by atoms with Crippen LogP contribution < -0.4 is 16.6 Å². The van der Waals surface area contributed by atoms with Crippen molar-refractivity contribution in [3.05, 3.63) is 71.8 Å². The van der Waals surface area contributed by atoms with E-state index in [9.17, 15) is 14.2 Å². The fourth-order valence-electron chi connectivity index (χ4n) is 2.57. The van der Waals surface area contributed by atoms with Gasteiger partial charge in [0.05, 0.1) is 0 Å². The summed E-state index contributed by atoms with van der Waals surface area (Å²) in [5.41, 5.74) is 11.3. The van der Waals surface area contributed by atoms with Crippen LogP contribution in [0, 0.1) is 0 Å². The molecule has 144 valence electrons. The number of carbonyl (C=O) groups excluding carboxylic acids is 2. The molecule has 2 amide bonds. The summed E-state index contributed by atoms with van der Waals surface area (Å²) < 4.78 is 22.8. The van der Waals surface area contributed by atoms with Gasteiger partial charge in [0.2, 0.25) is 5.91 Å². The molecule has 2 rings (SSSR count). The molecule has 2 aromatic rings. The number of nitrogens with two attached hydrogens (primary N) is 2. The molecular weight excluding hydrogens is 369 g/mol. The van der Waals surface area contributed by atoms with Crippen molar-refractivity contribution >= 4 is 19.5 Å². The Labute approximate surface area is 157 Å². The number of carbonyl (C=O) groups is 2. The predicted molar refractivity (Wildman–Crippen MR) is 101 cm³/mol. The van der Waals surface area contributed by atoms with Crippen LogP contribution in [0.15, 0.2) is 60.7 Å². The third kappa shape index (κ3) is 5.65. The largest absolute Gasteiger partial charge is 0.445 e. The molecule has 0 aliphatic heterocycles. The number of nitrogens with one attached hydrogen (secondary N) is 1. The van der Waals surface area contributed by atoms with Crippen LogP contribution in [0.3, 0.4) is 0 Å². The lowest BCUT2D eigenvalue weighted by molar-refractivity contribution is -0.120. The van der Waals surface area contributed by atoms with E-state index in [1.807, 2.05) is 6.07 Å². The van der Waals surface area contributed by atoms with Crippen molar-refractivity contribution in [2.75, 3.05) is 7.11 Å². The quantitative estimate of drug-likeness (QED) is 0.591. The van der Waals surface area contributed by atoms with E-state index in [0.717, 1.165) is 5.56 Å². The van der Waals surface area contributed by atoms with Crippen LogP contribution in [0.4, 0.5) is 4.79 Å². The molecule has 5 N–H and O–H groups in total. The minimum absolute atomic E-state index is 0.00127. The smallest absolute Gasteiger partial charge is 0.408 e. The Bertz CT molecular complexity index is 816. The Morgan fingerprint density at radius 2 is 1.63 bits per heavy atom. The minimum Gasteiger partial charge on any atom is -0.445 e. The van der Waals surface area contributed by atoms with Crippen LogP contribution in [0.5, 0.6) is 0 Å². The lowest BCUT2D eigenvalue weighted by Gasteiger charge is -2.29. The molecule has 0 aromatic heterocycles. The summed E-state index contributed by atoms with van der Waals surface area (Å²) in [6.07, 6.45) is -0.889. The number of alkyl carbamates (subject to hydrolysis) is 1. The van der Waals surface area contributed by atoms with Gasteiger partial charge in [-0.3, -0.25) is 14.9 Å². The topological polar surface area (TPSA) is 134 Å². The highest BCUT2D eigenvalue weighted by molar-refractivity contribution is 7.57. The molecule has 27 heavy (non-hydrogen) atoms. The molecule has 0 aliphatic rings. The Hall–Kier alpha value is -2.67. The second-order valence-corrected chi connectivity index (χ2v) is 7.98. The van der Waals surface area contributed by atoms with Gasteiger partial charge >= 0.3 is 6.09 Å². The van der Waals surface area contributed by atoms with Gasteiger partial charge in [-0.25, -0.2) is 4.79 Å². The van der Waals surface area contributed by atoms with Gasteiger partial charge in [0, 0.05) is 7.11 Å². The van der Waals surface area contributed by atoms with Gasteiger partial charge in [0.25, 0.3) is 7.52 Å². The number of primary amides is 1. The third-order valence-corrected chi connectivity index (χ3v) is 5.86. The lowest BCUT2D eigenvalue weighted by Crippen LogP contribution is -2.48. The first-order chi connectivity index (χ1) is 12.8. The Balaban J connectivity index is 2.20. The number of benzene rings is 2. The molecule has 0 aliphatic carbocycles. The van der Waals surface area contributed by atoms with E-state index < -0.39 is 31.2 Å². The van der Waals surface area contributed by atoms with Crippen molar-refractivity contribution in [3.63, 3.8) is 0 Å². The zero-order valence-corrected chi connectivity index (χ0v) is 15.7. The highest BCUT2D eigenvalue weighted by Crippen LogP contribution is 2.54. The molecule has 0 heterocycles. The molecule has 0 saturated carbocycles. The summed E-state index contributed by atoms with van der Waals surface area (Å²) in [7, 11) is -2.65. The van der Waals surface area contributed by atoms with E-state index >= 15 is 0 Å². The van der Waals surface area contributed by atoms with Crippen molar-refractivity contribution in [1.82, 2.24) is 5.32 Å². The van der Waals surface area contributed by atoms with Crippen LogP contribution in [0.1, 0.15) is 16.8 Å². The van der Waals surface area contributed by atoms with E-state index in [4.69, 9.17) is 20.5 Å². The molecule has 9 heteroatoms. The van der Waals surface area contributed by atoms with Gasteiger partial charge in [-0.2, -0.15) is 0 Å². The number of hydrogen-bond donors (Lipinski definition) is 3. The average molecular weight is 391 g/mol. The first-order valence-corrected chi connectivity index (χ1v) is 9.87. The van der Waals surface area contributed by atoms with Crippen molar-refractivity contribution in [1.29, 1.82) is 0 Å². The number of hydrogen-bond acceptors (Lipinski definition) is 5. The first-order valence-electron chi connectivity index (χ1n) is 8.10. The Kier molecular flexibility index (Phi) is 7.12. The summed E-state index contributed by atoms with van der Waals surface area (Å²) in [5.74, 6) is -0.914. The molecule has 0 fully saturated rings. The SMILES string of the molecule is COP(N)(=O)C(c1ccccc1)C(NC(=O)OCc1ccccc1)C(N)=O.